The molecule has 0 radical (unpaired) electrons. The summed E-state index contributed by atoms with van der Waals surface area (Å²) in [6.07, 6.45) is 6.60. The standard InChI is InChI=1S/C19H30N2/c1-4-20-17-9-7-15(3)13-19(17)21-11-5-6-16-12-14(2)8-10-18(16)21/h8,10,12,15,17,19-20H,4-7,9,11,13H2,1-3H3. The van der Waals surface area contributed by atoms with Crippen LogP contribution in [-0.4, -0.2) is 25.2 Å². The Labute approximate surface area is 129 Å². The fraction of sp³-hybridized carbons (Fsp3) is 0.684. The molecule has 0 saturated heterocycles. The Morgan fingerprint density at radius 1 is 1.29 bits per heavy atom. The Hall–Kier alpha value is -1.02. The van der Waals surface area contributed by atoms with E-state index in [0.717, 1.165) is 12.5 Å². The van der Waals surface area contributed by atoms with Crippen LogP contribution in [0.3, 0.4) is 0 Å². The van der Waals surface area contributed by atoms with Crippen molar-refractivity contribution in [1.29, 1.82) is 0 Å². The van der Waals surface area contributed by atoms with Gasteiger partial charge in [-0.1, -0.05) is 31.5 Å². The van der Waals surface area contributed by atoms with Gasteiger partial charge in [0, 0.05) is 24.3 Å². The molecule has 1 N–H and O–H groups in total. The average molecular weight is 286 g/mol. The Bertz CT molecular complexity index is 482. The molecule has 3 rings (SSSR count). The third-order valence-electron chi connectivity index (χ3n) is 5.33. The topological polar surface area (TPSA) is 15.3 Å². The number of hydrogen-bond acceptors (Lipinski definition) is 2. The first-order valence-electron chi connectivity index (χ1n) is 8.78. The van der Waals surface area contributed by atoms with Gasteiger partial charge in [-0.05, 0) is 63.1 Å². The largest absolute Gasteiger partial charge is 0.367 e. The van der Waals surface area contributed by atoms with Crippen molar-refractivity contribution >= 4 is 5.69 Å². The quantitative estimate of drug-likeness (QED) is 0.906. The predicted molar refractivity (Wildman–Crippen MR) is 91.1 cm³/mol. The molecule has 116 valence electrons. The molecule has 1 fully saturated rings. The van der Waals surface area contributed by atoms with E-state index in [2.05, 4.69) is 49.2 Å². The lowest BCUT2D eigenvalue weighted by molar-refractivity contribution is 0.259. The van der Waals surface area contributed by atoms with Gasteiger partial charge < -0.3 is 10.2 Å². The minimum atomic E-state index is 0.665. The van der Waals surface area contributed by atoms with E-state index < -0.39 is 0 Å². The van der Waals surface area contributed by atoms with Gasteiger partial charge in [-0.25, -0.2) is 0 Å². The summed E-state index contributed by atoms with van der Waals surface area (Å²) in [5, 5.41) is 3.75. The third kappa shape index (κ3) is 3.11. The Morgan fingerprint density at radius 3 is 2.95 bits per heavy atom. The van der Waals surface area contributed by atoms with Crippen molar-refractivity contribution in [2.24, 2.45) is 5.92 Å². The molecule has 3 unspecified atom stereocenters. The van der Waals surface area contributed by atoms with Gasteiger partial charge in [0.05, 0.1) is 0 Å². The summed E-state index contributed by atoms with van der Waals surface area (Å²) in [5.74, 6) is 0.862. The second-order valence-electron chi connectivity index (χ2n) is 7.08. The van der Waals surface area contributed by atoms with Crippen LogP contribution in [0.25, 0.3) is 0 Å². The molecule has 3 atom stereocenters. The molecule has 0 amide bonds. The van der Waals surface area contributed by atoms with E-state index in [0.29, 0.717) is 12.1 Å². The van der Waals surface area contributed by atoms with E-state index in [4.69, 9.17) is 0 Å². The highest BCUT2D eigenvalue weighted by atomic mass is 15.2. The first-order valence-corrected chi connectivity index (χ1v) is 8.78. The molecular weight excluding hydrogens is 256 g/mol. The molecule has 1 aliphatic carbocycles. The van der Waals surface area contributed by atoms with Gasteiger partial charge in [0.2, 0.25) is 0 Å². The van der Waals surface area contributed by atoms with Crippen LogP contribution in [0.2, 0.25) is 0 Å². The number of benzene rings is 1. The van der Waals surface area contributed by atoms with Crippen LogP contribution in [0, 0.1) is 12.8 Å². The van der Waals surface area contributed by atoms with E-state index in [1.807, 2.05) is 0 Å². The molecular formula is C19H30N2. The van der Waals surface area contributed by atoms with Crippen molar-refractivity contribution in [1.82, 2.24) is 5.32 Å². The number of nitrogens with one attached hydrogen (secondary N) is 1. The van der Waals surface area contributed by atoms with E-state index >= 15 is 0 Å². The minimum absolute atomic E-state index is 0.665. The second-order valence-corrected chi connectivity index (χ2v) is 7.08. The summed E-state index contributed by atoms with van der Waals surface area (Å²) in [6, 6.07) is 8.39. The van der Waals surface area contributed by atoms with Crippen LogP contribution in [0.4, 0.5) is 5.69 Å². The smallest absolute Gasteiger partial charge is 0.0445 e. The van der Waals surface area contributed by atoms with Crippen molar-refractivity contribution in [3.63, 3.8) is 0 Å². The monoisotopic (exact) mass is 286 g/mol. The summed E-state index contributed by atoms with van der Waals surface area (Å²) in [5.41, 5.74) is 4.47. The zero-order chi connectivity index (χ0) is 14.8. The van der Waals surface area contributed by atoms with Crippen molar-refractivity contribution in [3.05, 3.63) is 29.3 Å². The fourth-order valence-corrected chi connectivity index (χ4v) is 4.30. The summed E-state index contributed by atoms with van der Waals surface area (Å²) < 4.78 is 0. The maximum atomic E-state index is 3.75. The molecule has 21 heavy (non-hydrogen) atoms. The molecule has 1 saturated carbocycles. The normalized spacial score (nSPS) is 29.3. The van der Waals surface area contributed by atoms with Crippen LogP contribution >= 0.6 is 0 Å². The lowest BCUT2D eigenvalue weighted by atomic mass is 9.81. The summed E-state index contributed by atoms with van der Waals surface area (Å²) in [6.45, 7) is 9.20. The van der Waals surface area contributed by atoms with Gasteiger partial charge in [0.15, 0.2) is 0 Å². The fourth-order valence-electron chi connectivity index (χ4n) is 4.30. The maximum absolute atomic E-state index is 3.75. The predicted octanol–water partition coefficient (Wildman–Crippen LogP) is 3.91. The molecule has 1 aromatic rings. The van der Waals surface area contributed by atoms with Crippen molar-refractivity contribution < 1.29 is 0 Å². The highest BCUT2D eigenvalue weighted by Crippen LogP contribution is 2.35. The van der Waals surface area contributed by atoms with Crippen LogP contribution in [0.15, 0.2) is 18.2 Å². The molecule has 2 nitrogen and oxygen atoms in total. The van der Waals surface area contributed by atoms with Crippen LogP contribution in [-0.2, 0) is 6.42 Å². The molecule has 1 heterocycles. The van der Waals surface area contributed by atoms with E-state index in [-0.39, 0.29) is 0 Å². The molecule has 0 aromatic heterocycles. The Morgan fingerprint density at radius 2 is 2.14 bits per heavy atom. The van der Waals surface area contributed by atoms with Gasteiger partial charge in [-0.15, -0.1) is 0 Å². The number of hydrogen-bond donors (Lipinski definition) is 1. The first kappa shape index (κ1) is 14.9. The van der Waals surface area contributed by atoms with Crippen molar-refractivity contribution in [2.45, 2.75) is 65.0 Å². The summed E-state index contributed by atoms with van der Waals surface area (Å²) >= 11 is 0. The van der Waals surface area contributed by atoms with Crippen molar-refractivity contribution in [3.8, 4) is 0 Å². The number of anilines is 1. The SMILES string of the molecule is CCNC1CCC(C)CC1N1CCCc2cc(C)ccc21. The Balaban J connectivity index is 1.88. The van der Waals surface area contributed by atoms with Crippen LogP contribution < -0.4 is 10.2 Å². The highest BCUT2D eigenvalue weighted by Gasteiger charge is 2.34. The van der Waals surface area contributed by atoms with Gasteiger partial charge in [-0.3, -0.25) is 0 Å². The van der Waals surface area contributed by atoms with Crippen LogP contribution in [0.5, 0.6) is 0 Å². The first-order chi connectivity index (χ1) is 10.2. The Kier molecular flexibility index (Phi) is 4.54. The molecule has 1 aliphatic heterocycles. The summed E-state index contributed by atoms with van der Waals surface area (Å²) in [7, 11) is 0. The number of likely N-dealkylation sites (N-methyl/N-ethyl adjacent to an activating group) is 1. The second kappa shape index (κ2) is 6.39. The van der Waals surface area contributed by atoms with Crippen molar-refractivity contribution in [2.75, 3.05) is 18.0 Å². The van der Waals surface area contributed by atoms with Gasteiger partial charge in [0.1, 0.15) is 0 Å². The molecule has 2 aliphatic rings. The minimum Gasteiger partial charge on any atom is -0.367 e. The molecule has 0 bridgehead atoms. The van der Waals surface area contributed by atoms with Gasteiger partial charge >= 0.3 is 0 Å². The highest BCUT2D eigenvalue weighted by molar-refractivity contribution is 5.57. The van der Waals surface area contributed by atoms with E-state index in [1.165, 1.54) is 49.9 Å². The number of rotatable bonds is 3. The number of aryl methyl sites for hydroxylation is 2. The van der Waals surface area contributed by atoms with E-state index in [9.17, 15) is 0 Å². The average Bonchev–Trinajstić information content (AvgIpc) is 2.48. The zero-order valence-electron chi connectivity index (χ0n) is 13.9. The lowest BCUT2D eigenvalue weighted by Crippen LogP contribution is -2.54. The lowest BCUT2D eigenvalue weighted by Gasteiger charge is -2.46. The van der Waals surface area contributed by atoms with Crippen LogP contribution in [0.1, 0.15) is 50.7 Å². The van der Waals surface area contributed by atoms with Gasteiger partial charge in [0.25, 0.3) is 0 Å². The maximum Gasteiger partial charge on any atom is 0.0445 e. The number of fused-ring (bicyclic) bond motifs is 1. The molecule has 1 aromatic carbocycles. The van der Waals surface area contributed by atoms with Gasteiger partial charge in [-0.2, -0.15) is 0 Å². The third-order valence-corrected chi connectivity index (χ3v) is 5.33. The summed E-state index contributed by atoms with van der Waals surface area (Å²) in [4.78, 5) is 2.72. The molecule has 0 spiro atoms. The molecule has 2 heteroatoms. The van der Waals surface area contributed by atoms with E-state index in [1.54, 1.807) is 5.56 Å². The zero-order valence-corrected chi connectivity index (χ0v) is 13.9. The number of nitrogens with zero attached hydrogens (tertiary/aromatic N) is 1.